The van der Waals surface area contributed by atoms with Crippen LogP contribution in [0, 0.1) is 23.3 Å². The van der Waals surface area contributed by atoms with E-state index in [4.69, 9.17) is 5.11 Å². The van der Waals surface area contributed by atoms with Gasteiger partial charge in [0.1, 0.15) is 23.3 Å². The molecule has 2 rings (SSSR count). The number of nitrogens with one attached hydrogen (secondary N) is 1. The van der Waals surface area contributed by atoms with Crippen LogP contribution in [-0.4, -0.2) is 11.1 Å². The van der Waals surface area contributed by atoms with Crippen LogP contribution in [0.5, 0.6) is 0 Å². The number of aromatic carboxylic acids is 1. The van der Waals surface area contributed by atoms with Gasteiger partial charge in [0, 0.05) is 18.2 Å². The molecule has 7 heteroatoms. The van der Waals surface area contributed by atoms with E-state index in [0.717, 1.165) is 24.3 Å². The first-order valence-electron chi connectivity index (χ1n) is 5.78. The van der Waals surface area contributed by atoms with Crippen LogP contribution in [0.15, 0.2) is 30.3 Å². The van der Waals surface area contributed by atoms with Gasteiger partial charge in [0.25, 0.3) is 0 Å². The third kappa shape index (κ3) is 3.31. The fourth-order valence-corrected chi connectivity index (χ4v) is 1.72. The molecule has 0 bridgehead atoms. The highest BCUT2D eigenvalue weighted by atomic mass is 19.1. The first-order chi connectivity index (χ1) is 9.88. The van der Waals surface area contributed by atoms with Gasteiger partial charge in [0.15, 0.2) is 0 Å². The van der Waals surface area contributed by atoms with Crippen molar-refractivity contribution >= 4 is 11.7 Å². The molecule has 0 spiro atoms. The van der Waals surface area contributed by atoms with Crippen molar-refractivity contribution in [3.8, 4) is 0 Å². The predicted octanol–water partition coefficient (Wildman–Crippen LogP) is 3.55. The number of carbonyl (C=O) groups is 1. The summed E-state index contributed by atoms with van der Waals surface area (Å²) in [5.74, 6) is -5.19. The first kappa shape index (κ1) is 14.8. The standard InChI is InChI=1S/C14H9F4NO2/c15-8-1-2-10(16)7(3-8)6-19-13-4-9(14(20)21)11(17)5-12(13)18/h1-5,19H,6H2,(H,20,21). The Labute approximate surface area is 116 Å². The Morgan fingerprint density at radius 2 is 1.71 bits per heavy atom. The van der Waals surface area contributed by atoms with Gasteiger partial charge < -0.3 is 10.4 Å². The minimum absolute atomic E-state index is 0.0735. The second-order valence-corrected chi connectivity index (χ2v) is 4.21. The van der Waals surface area contributed by atoms with Crippen molar-refractivity contribution in [2.75, 3.05) is 5.32 Å². The van der Waals surface area contributed by atoms with Gasteiger partial charge in [0.2, 0.25) is 0 Å². The van der Waals surface area contributed by atoms with Crippen molar-refractivity contribution in [3.63, 3.8) is 0 Å². The van der Waals surface area contributed by atoms with Crippen LogP contribution in [-0.2, 0) is 6.54 Å². The van der Waals surface area contributed by atoms with E-state index in [9.17, 15) is 22.4 Å². The molecule has 21 heavy (non-hydrogen) atoms. The third-order valence-corrected chi connectivity index (χ3v) is 2.76. The lowest BCUT2D eigenvalue weighted by atomic mass is 10.1. The van der Waals surface area contributed by atoms with E-state index >= 15 is 0 Å². The number of anilines is 1. The Balaban J connectivity index is 2.25. The average molecular weight is 299 g/mol. The highest BCUT2D eigenvalue weighted by Crippen LogP contribution is 2.21. The lowest BCUT2D eigenvalue weighted by Crippen LogP contribution is -2.08. The molecule has 0 amide bonds. The quantitative estimate of drug-likeness (QED) is 0.849. The summed E-state index contributed by atoms with van der Waals surface area (Å²) in [5.41, 5.74) is -1.12. The van der Waals surface area contributed by atoms with Gasteiger partial charge in [-0.25, -0.2) is 22.4 Å². The Kier molecular flexibility index (Phi) is 4.11. The zero-order valence-electron chi connectivity index (χ0n) is 10.5. The molecular weight excluding hydrogens is 290 g/mol. The van der Waals surface area contributed by atoms with Crippen LogP contribution >= 0.6 is 0 Å². The lowest BCUT2D eigenvalue weighted by Gasteiger charge is -2.10. The van der Waals surface area contributed by atoms with Gasteiger partial charge >= 0.3 is 5.97 Å². The molecule has 0 atom stereocenters. The maximum Gasteiger partial charge on any atom is 0.338 e. The Hall–Kier alpha value is -2.57. The molecule has 0 fully saturated rings. The molecule has 0 unspecified atom stereocenters. The number of benzene rings is 2. The lowest BCUT2D eigenvalue weighted by molar-refractivity contribution is 0.0692. The molecule has 0 heterocycles. The highest BCUT2D eigenvalue weighted by molar-refractivity contribution is 5.89. The minimum Gasteiger partial charge on any atom is -0.478 e. The molecule has 0 aromatic heterocycles. The van der Waals surface area contributed by atoms with Crippen molar-refractivity contribution in [1.82, 2.24) is 0 Å². The number of halogens is 4. The largest absolute Gasteiger partial charge is 0.478 e. The molecule has 0 aliphatic heterocycles. The summed E-state index contributed by atoms with van der Waals surface area (Å²) in [5, 5.41) is 11.2. The summed E-state index contributed by atoms with van der Waals surface area (Å²) in [6.07, 6.45) is 0. The fourth-order valence-electron chi connectivity index (χ4n) is 1.72. The smallest absolute Gasteiger partial charge is 0.338 e. The van der Waals surface area contributed by atoms with Gasteiger partial charge in [-0.2, -0.15) is 0 Å². The number of rotatable bonds is 4. The van der Waals surface area contributed by atoms with Gasteiger partial charge in [-0.05, 0) is 24.3 Å². The van der Waals surface area contributed by atoms with Crippen LogP contribution in [0.3, 0.4) is 0 Å². The van der Waals surface area contributed by atoms with Crippen molar-refractivity contribution < 1.29 is 27.5 Å². The van der Waals surface area contributed by atoms with E-state index in [1.807, 2.05) is 0 Å². The van der Waals surface area contributed by atoms with Crippen molar-refractivity contribution in [2.45, 2.75) is 6.54 Å². The van der Waals surface area contributed by atoms with Gasteiger partial charge in [-0.15, -0.1) is 0 Å². The Morgan fingerprint density at radius 3 is 2.38 bits per heavy atom. The minimum atomic E-state index is -1.56. The third-order valence-electron chi connectivity index (χ3n) is 2.76. The summed E-state index contributed by atoms with van der Waals surface area (Å²) in [7, 11) is 0. The van der Waals surface area contributed by atoms with Crippen molar-refractivity contribution in [3.05, 3.63) is 64.7 Å². The maximum atomic E-state index is 13.5. The molecule has 3 nitrogen and oxygen atoms in total. The molecule has 110 valence electrons. The zero-order valence-corrected chi connectivity index (χ0v) is 10.5. The summed E-state index contributed by atoms with van der Waals surface area (Å²) >= 11 is 0. The number of carboxylic acid groups (broad SMARTS) is 1. The summed E-state index contributed by atoms with van der Waals surface area (Å²) in [4.78, 5) is 10.8. The maximum absolute atomic E-state index is 13.5. The van der Waals surface area contributed by atoms with E-state index in [1.165, 1.54) is 0 Å². The van der Waals surface area contributed by atoms with Crippen molar-refractivity contribution in [1.29, 1.82) is 0 Å². The molecule has 0 aliphatic rings. The SMILES string of the molecule is O=C(O)c1cc(NCc2cc(F)ccc2F)c(F)cc1F. The number of hydrogen-bond donors (Lipinski definition) is 2. The van der Waals surface area contributed by atoms with Crippen LogP contribution in [0.25, 0.3) is 0 Å². The van der Waals surface area contributed by atoms with Crippen LogP contribution in [0.4, 0.5) is 23.2 Å². The van der Waals surface area contributed by atoms with Gasteiger partial charge in [0.05, 0.1) is 11.3 Å². The molecule has 2 aromatic rings. The van der Waals surface area contributed by atoms with E-state index in [-0.39, 0.29) is 17.8 Å². The topological polar surface area (TPSA) is 49.3 Å². The summed E-state index contributed by atoms with van der Waals surface area (Å²) < 4.78 is 53.1. The normalized spacial score (nSPS) is 10.5. The molecule has 0 saturated heterocycles. The fraction of sp³-hybridized carbons (Fsp3) is 0.0714. The van der Waals surface area contributed by atoms with E-state index < -0.39 is 34.8 Å². The van der Waals surface area contributed by atoms with E-state index in [1.54, 1.807) is 0 Å². The van der Waals surface area contributed by atoms with Gasteiger partial charge in [-0.1, -0.05) is 0 Å². The summed E-state index contributed by atoms with van der Waals surface area (Å²) in [6, 6.07) is 3.93. The molecule has 2 N–H and O–H groups in total. The van der Waals surface area contributed by atoms with Crippen LogP contribution < -0.4 is 5.32 Å². The van der Waals surface area contributed by atoms with Crippen LogP contribution in [0.1, 0.15) is 15.9 Å². The number of carboxylic acids is 1. The van der Waals surface area contributed by atoms with E-state index in [2.05, 4.69) is 5.32 Å². The first-order valence-corrected chi connectivity index (χ1v) is 5.78. The highest BCUT2D eigenvalue weighted by Gasteiger charge is 2.15. The molecule has 0 aliphatic carbocycles. The number of hydrogen-bond acceptors (Lipinski definition) is 2. The zero-order chi connectivity index (χ0) is 15.6. The van der Waals surface area contributed by atoms with Gasteiger partial charge in [-0.3, -0.25) is 0 Å². The Bertz CT molecular complexity index is 704. The van der Waals surface area contributed by atoms with Crippen molar-refractivity contribution in [2.24, 2.45) is 0 Å². The molecule has 2 aromatic carbocycles. The monoisotopic (exact) mass is 299 g/mol. The van der Waals surface area contributed by atoms with Crippen LogP contribution in [0.2, 0.25) is 0 Å². The average Bonchev–Trinajstić information content (AvgIpc) is 2.41. The summed E-state index contributed by atoms with van der Waals surface area (Å²) in [6.45, 7) is -0.287. The Morgan fingerprint density at radius 1 is 1.00 bits per heavy atom. The molecule has 0 radical (unpaired) electrons. The predicted molar refractivity (Wildman–Crippen MR) is 67.0 cm³/mol. The molecule has 0 saturated carbocycles. The van der Waals surface area contributed by atoms with E-state index in [0.29, 0.717) is 6.07 Å². The second kappa shape index (κ2) is 5.82. The second-order valence-electron chi connectivity index (χ2n) is 4.21. The molecular formula is C14H9F4NO2.